The van der Waals surface area contributed by atoms with Gasteiger partial charge in [0.15, 0.2) is 12.4 Å². The fraction of sp³-hybridized carbons (Fsp3) is 0.300. The van der Waals surface area contributed by atoms with Crippen molar-refractivity contribution in [3.8, 4) is 0 Å². The number of anilines is 1. The maximum atomic E-state index is 13.0. The molecule has 2 aromatic carbocycles. The Kier molecular flexibility index (Phi) is 6.05. The van der Waals surface area contributed by atoms with E-state index in [2.05, 4.69) is 0 Å². The molecule has 0 fully saturated rings. The minimum atomic E-state index is -3.99. The normalized spacial score (nSPS) is 11.7. The lowest BCUT2D eigenvalue weighted by Gasteiger charge is -2.21. The van der Waals surface area contributed by atoms with E-state index in [9.17, 15) is 18.0 Å². The largest absolute Gasteiger partial charge is 0.454 e. The predicted octanol–water partition coefficient (Wildman–Crippen LogP) is 3.28. The van der Waals surface area contributed by atoms with Gasteiger partial charge < -0.3 is 4.74 Å². The van der Waals surface area contributed by atoms with Crippen LogP contribution in [0.2, 0.25) is 0 Å². The highest BCUT2D eigenvalue weighted by Crippen LogP contribution is 2.25. The summed E-state index contributed by atoms with van der Waals surface area (Å²) in [4.78, 5) is 24.2. The lowest BCUT2D eigenvalue weighted by atomic mass is 9.91. The van der Waals surface area contributed by atoms with E-state index < -0.39 is 28.0 Å². The van der Waals surface area contributed by atoms with E-state index >= 15 is 0 Å². The number of carbonyl (C=O) groups is 2. The number of sulfonamides is 1. The molecule has 0 saturated carbocycles. The lowest BCUT2D eigenvalue weighted by molar-refractivity contribution is -0.129. The lowest BCUT2D eigenvalue weighted by Crippen LogP contribution is -2.29. The summed E-state index contributed by atoms with van der Waals surface area (Å²) in [6.07, 6.45) is 0. The molecule has 2 aromatic rings. The van der Waals surface area contributed by atoms with Gasteiger partial charge in [0.1, 0.15) is 4.90 Å². The van der Waals surface area contributed by atoms with Crippen molar-refractivity contribution in [2.75, 3.05) is 18.0 Å². The number of ether oxygens (including phenoxy) is 1. The molecule has 27 heavy (non-hydrogen) atoms. The fourth-order valence-electron chi connectivity index (χ4n) is 2.21. The van der Waals surface area contributed by atoms with Crippen molar-refractivity contribution in [3.05, 3.63) is 60.2 Å². The Bertz CT molecular complexity index is 930. The van der Waals surface area contributed by atoms with E-state index in [1.807, 2.05) is 0 Å². The zero-order chi connectivity index (χ0) is 20.2. The number of hydrogen-bond acceptors (Lipinski definition) is 5. The van der Waals surface area contributed by atoms with Crippen LogP contribution < -0.4 is 4.31 Å². The number of nitrogens with zero attached hydrogens (tertiary/aromatic N) is 1. The van der Waals surface area contributed by atoms with Gasteiger partial charge in [-0.05, 0) is 24.3 Å². The summed E-state index contributed by atoms with van der Waals surface area (Å²) in [5, 5.41) is 0. The Morgan fingerprint density at radius 1 is 0.963 bits per heavy atom. The summed E-state index contributed by atoms with van der Waals surface area (Å²) in [6, 6.07) is 14.3. The van der Waals surface area contributed by atoms with Gasteiger partial charge in [-0.1, -0.05) is 51.1 Å². The second kappa shape index (κ2) is 7.92. The molecule has 6 nitrogen and oxygen atoms in total. The van der Waals surface area contributed by atoms with Crippen molar-refractivity contribution in [1.82, 2.24) is 0 Å². The minimum Gasteiger partial charge on any atom is -0.454 e. The van der Waals surface area contributed by atoms with Gasteiger partial charge in [-0.3, -0.25) is 9.10 Å². The number of rotatable bonds is 6. The predicted molar refractivity (Wildman–Crippen MR) is 103 cm³/mol. The van der Waals surface area contributed by atoms with E-state index in [-0.39, 0.29) is 16.2 Å². The van der Waals surface area contributed by atoms with Crippen LogP contribution in [-0.4, -0.2) is 33.8 Å². The first-order valence-corrected chi connectivity index (χ1v) is 9.82. The van der Waals surface area contributed by atoms with Crippen LogP contribution in [0, 0.1) is 5.41 Å². The summed E-state index contributed by atoms with van der Waals surface area (Å²) in [6.45, 7) is 4.74. The van der Waals surface area contributed by atoms with Gasteiger partial charge in [-0.15, -0.1) is 0 Å². The summed E-state index contributed by atoms with van der Waals surface area (Å²) in [5.74, 6) is -1.11. The summed E-state index contributed by atoms with van der Waals surface area (Å²) >= 11 is 0. The molecule has 0 aliphatic rings. The zero-order valence-corrected chi connectivity index (χ0v) is 16.6. The molecule has 0 atom stereocenters. The van der Waals surface area contributed by atoms with Crippen LogP contribution >= 0.6 is 0 Å². The van der Waals surface area contributed by atoms with Gasteiger partial charge in [0.25, 0.3) is 10.0 Å². The van der Waals surface area contributed by atoms with Crippen molar-refractivity contribution in [1.29, 1.82) is 0 Å². The van der Waals surface area contributed by atoms with Gasteiger partial charge in [-0.25, -0.2) is 13.2 Å². The molecule has 0 aliphatic carbocycles. The van der Waals surface area contributed by atoms with Crippen molar-refractivity contribution >= 4 is 27.5 Å². The molecule has 0 saturated heterocycles. The van der Waals surface area contributed by atoms with Crippen molar-refractivity contribution in [2.45, 2.75) is 25.7 Å². The van der Waals surface area contributed by atoms with E-state index in [0.29, 0.717) is 5.69 Å². The number of para-hydroxylation sites is 1. The highest BCUT2D eigenvalue weighted by atomic mass is 32.2. The van der Waals surface area contributed by atoms with E-state index in [0.717, 1.165) is 4.31 Å². The van der Waals surface area contributed by atoms with Crippen molar-refractivity contribution in [3.63, 3.8) is 0 Å². The third-order valence-electron chi connectivity index (χ3n) is 4.04. The van der Waals surface area contributed by atoms with Crippen LogP contribution in [0.1, 0.15) is 31.1 Å². The summed E-state index contributed by atoms with van der Waals surface area (Å²) < 4.78 is 32.2. The Morgan fingerprint density at radius 3 is 2.11 bits per heavy atom. The number of hydrogen-bond donors (Lipinski definition) is 0. The molecule has 0 unspecified atom stereocenters. The molecule has 7 heteroatoms. The minimum absolute atomic E-state index is 0.109. The van der Waals surface area contributed by atoms with Gasteiger partial charge in [-0.2, -0.15) is 0 Å². The van der Waals surface area contributed by atoms with Crippen LogP contribution in [0.3, 0.4) is 0 Å². The van der Waals surface area contributed by atoms with Gasteiger partial charge in [0.05, 0.1) is 11.3 Å². The molecule has 0 spiro atoms. The van der Waals surface area contributed by atoms with E-state index in [4.69, 9.17) is 4.74 Å². The zero-order valence-electron chi connectivity index (χ0n) is 15.8. The van der Waals surface area contributed by atoms with Gasteiger partial charge in [0, 0.05) is 12.5 Å². The maximum Gasteiger partial charge on any atom is 0.339 e. The molecule has 144 valence electrons. The van der Waals surface area contributed by atoms with Gasteiger partial charge >= 0.3 is 5.97 Å². The Labute approximate surface area is 159 Å². The Morgan fingerprint density at radius 2 is 1.52 bits per heavy atom. The van der Waals surface area contributed by atoms with Crippen molar-refractivity contribution < 1.29 is 22.7 Å². The average Bonchev–Trinajstić information content (AvgIpc) is 2.65. The Balaban J connectivity index is 2.32. The SMILES string of the molecule is CN(c1ccccc1)S(=O)(=O)c1ccccc1C(=O)OCC(=O)C(C)(C)C. The third-order valence-corrected chi connectivity index (χ3v) is 5.88. The van der Waals surface area contributed by atoms with E-state index in [1.54, 1.807) is 57.2 Å². The number of carbonyl (C=O) groups excluding carboxylic acids is 2. The quantitative estimate of drug-likeness (QED) is 0.708. The molecule has 0 radical (unpaired) electrons. The second-order valence-corrected chi connectivity index (χ2v) is 8.99. The van der Waals surface area contributed by atoms with Crippen molar-refractivity contribution in [2.24, 2.45) is 5.41 Å². The first-order chi connectivity index (χ1) is 12.5. The highest BCUT2D eigenvalue weighted by molar-refractivity contribution is 7.92. The van der Waals surface area contributed by atoms with Crippen LogP contribution in [0.5, 0.6) is 0 Å². The first-order valence-electron chi connectivity index (χ1n) is 8.38. The monoisotopic (exact) mass is 389 g/mol. The molecule has 0 amide bonds. The maximum absolute atomic E-state index is 13.0. The smallest absolute Gasteiger partial charge is 0.339 e. The van der Waals surface area contributed by atoms with E-state index in [1.165, 1.54) is 25.2 Å². The van der Waals surface area contributed by atoms with Crippen LogP contribution in [-0.2, 0) is 19.6 Å². The molecule has 0 bridgehead atoms. The highest BCUT2D eigenvalue weighted by Gasteiger charge is 2.28. The average molecular weight is 389 g/mol. The molecular weight excluding hydrogens is 366 g/mol. The fourth-order valence-corrected chi connectivity index (χ4v) is 3.58. The van der Waals surface area contributed by atoms with Crippen LogP contribution in [0.25, 0.3) is 0 Å². The second-order valence-electron chi connectivity index (χ2n) is 7.05. The standard InChI is InChI=1S/C20H23NO5S/c1-20(2,3)18(22)14-26-19(23)16-12-8-9-13-17(16)27(24,25)21(4)15-10-6-5-7-11-15/h5-13H,14H2,1-4H3. The first kappa shape index (κ1) is 20.6. The summed E-state index contributed by atoms with van der Waals surface area (Å²) in [7, 11) is -2.57. The number of ketones is 1. The molecule has 2 rings (SSSR count). The molecular formula is C20H23NO5S. The van der Waals surface area contributed by atoms with Gasteiger partial charge in [0.2, 0.25) is 0 Å². The number of esters is 1. The third kappa shape index (κ3) is 4.74. The summed E-state index contributed by atoms with van der Waals surface area (Å²) in [5.41, 5.74) is -0.301. The van der Waals surface area contributed by atoms with Crippen LogP contribution in [0.15, 0.2) is 59.5 Å². The molecule has 0 heterocycles. The number of benzene rings is 2. The van der Waals surface area contributed by atoms with Crippen LogP contribution in [0.4, 0.5) is 5.69 Å². The Hall–Kier alpha value is -2.67. The molecule has 0 aromatic heterocycles. The molecule has 0 N–H and O–H groups in total. The number of Topliss-reactive ketones (excluding diaryl/α,β-unsaturated/α-hetero) is 1. The molecule has 0 aliphatic heterocycles. The topological polar surface area (TPSA) is 80.8 Å².